The fourth-order valence-electron chi connectivity index (χ4n) is 1.91. The Kier molecular flexibility index (Phi) is 4.15. The van der Waals surface area contributed by atoms with Crippen molar-refractivity contribution in [2.24, 2.45) is 0 Å². The number of alkyl halides is 1. The second kappa shape index (κ2) is 5.66. The van der Waals surface area contributed by atoms with Gasteiger partial charge in [-0.05, 0) is 31.0 Å². The zero-order chi connectivity index (χ0) is 14.0. The number of aryl methyl sites for hydroxylation is 1. The van der Waals surface area contributed by atoms with Crippen molar-refractivity contribution < 1.29 is 13.2 Å². The Morgan fingerprint density at radius 2 is 1.79 bits per heavy atom. The van der Waals surface area contributed by atoms with Crippen LogP contribution in [0.5, 0.6) is 0 Å². The van der Waals surface area contributed by atoms with E-state index in [0.717, 1.165) is 11.6 Å². The zero-order valence-electron chi connectivity index (χ0n) is 10.3. The molecule has 0 saturated carbocycles. The van der Waals surface area contributed by atoms with E-state index >= 15 is 0 Å². The van der Waals surface area contributed by atoms with Crippen LogP contribution < -0.4 is 0 Å². The molecule has 0 amide bonds. The molecule has 0 N–H and O–H groups in total. The minimum absolute atomic E-state index is 0.0333. The van der Waals surface area contributed by atoms with Crippen LogP contribution in [0.15, 0.2) is 36.4 Å². The van der Waals surface area contributed by atoms with Gasteiger partial charge in [-0.2, -0.15) is 0 Å². The van der Waals surface area contributed by atoms with Crippen LogP contribution in [0.4, 0.5) is 13.2 Å². The molecule has 19 heavy (non-hydrogen) atoms. The summed E-state index contributed by atoms with van der Waals surface area (Å²) in [5.41, 5.74) is 1.30. The van der Waals surface area contributed by atoms with Crippen molar-refractivity contribution in [3.8, 4) is 0 Å². The molecule has 0 saturated heterocycles. The molecule has 1 atom stereocenters. The lowest BCUT2D eigenvalue weighted by Crippen LogP contribution is -2.02. The number of halogens is 4. The molecule has 2 aromatic carbocycles. The molecule has 0 aliphatic carbocycles. The van der Waals surface area contributed by atoms with Crippen LogP contribution >= 0.6 is 11.6 Å². The fourth-order valence-corrected chi connectivity index (χ4v) is 2.25. The summed E-state index contributed by atoms with van der Waals surface area (Å²) < 4.78 is 40.3. The number of benzene rings is 2. The molecule has 0 radical (unpaired) electrons. The first-order valence-electron chi connectivity index (χ1n) is 5.82. The second-order valence-corrected chi connectivity index (χ2v) is 4.94. The molecule has 0 spiro atoms. The van der Waals surface area contributed by atoms with Crippen LogP contribution in [0.25, 0.3) is 0 Å². The fraction of sp³-hybridized carbons (Fsp3) is 0.200. The van der Waals surface area contributed by atoms with Gasteiger partial charge in [0.1, 0.15) is 5.82 Å². The third kappa shape index (κ3) is 3.10. The lowest BCUT2D eigenvalue weighted by molar-refractivity contribution is 0.497. The summed E-state index contributed by atoms with van der Waals surface area (Å²) in [7, 11) is 0. The monoisotopic (exact) mass is 284 g/mol. The molecular weight excluding hydrogens is 273 g/mol. The third-order valence-electron chi connectivity index (χ3n) is 2.92. The van der Waals surface area contributed by atoms with Crippen molar-refractivity contribution >= 4 is 11.6 Å². The van der Waals surface area contributed by atoms with Crippen molar-refractivity contribution in [1.82, 2.24) is 0 Å². The highest BCUT2D eigenvalue weighted by Gasteiger charge is 2.17. The molecule has 0 heterocycles. The Hall–Kier alpha value is -1.48. The van der Waals surface area contributed by atoms with Crippen molar-refractivity contribution in [1.29, 1.82) is 0 Å². The first-order valence-corrected chi connectivity index (χ1v) is 6.25. The molecule has 0 aliphatic rings. The van der Waals surface area contributed by atoms with E-state index in [1.165, 1.54) is 18.2 Å². The Bertz CT molecular complexity index is 596. The molecule has 4 heteroatoms. The highest BCUT2D eigenvalue weighted by Crippen LogP contribution is 2.29. The van der Waals surface area contributed by atoms with Crippen molar-refractivity contribution in [3.63, 3.8) is 0 Å². The van der Waals surface area contributed by atoms with Crippen LogP contribution in [0.3, 0.4) is 0 Å². The maximum atomic E-state index is 13.7. The van der Waals surface area contributed by atoms with Gasteiger partial charge in [0, 0.05) is 5.56 Å². The van der Waals surface area contributed by atoms with Gasteiger partial charge in [0.25, 0.3) is 0 Å². The third-order valence-corrected chi connectivity index (χ3v) is 3.31. The second-order valence-electron chi connectivity index (χ2n) is 4.41. The maximum absolute atomic E-state index is 13.7. The van der Waals surface area contributed by atoms with Gasteiger partial charge in [-0.3, -0.25) is 0 Å². The van der Waals surface area contributed by atoms with Gasteiger partial charge in [-0.1, -0.05) is 29.8 Å². The summed E-state index contributed by atoms with van der Waals surface area (Å²) in [6.45, 7) is 1.81. The van der Waals surface area contributed by atoms with E-state index in [2.05, 4.69) is 0 Å². The van der Waals surface area contributed by atoms with E-state index in [1.54, 1.807) is 12.1 Å². The lowest BCUT2D eigenvalue weighted by atomic mass is 10.0. The smallest absolute Gasteiger partial charge is 0.162 e. The van der Waals surface area contributed by atoms with Gasteiger partial charge in [-0.15, -0.1) is 11.6 Å². The molecule has 2 aromatic rings. The molecule has 100 valence electrons. The summed E-state index contributed by atoms with van der Waals surface area (Å²) in [6, 6.07) is 8.46. The van der Waals surface area contributed by atoms with E-state index < -0.39 is 22.8 Å². The number of hydrogen-bond acceptors (Lipinski definition) is 0. The van der Waals surface area contributed by atoms with Crippen molar-refractivity contribution in [3.05, 3.63) is 70.5 Å². The van der Waals surface area contributed by atoms with Gasteiger partial charge in [-0.25, -0.2) is 13.2 Å². The molecule has 0 aromatic heterocycles. The van der Waals surface area contributed by atoms with Crippen LogP contribution in [-0.4, -0.2) is 0 Å². The average molecular weight is 285 g/mol. The van der Waals surface area contributed by atoms with Gasteiger partial charge in [0.15, 0.2) is 11.6 Å². The van der Waals surface area contributed by atoms with Gasteiger partial charge >= 0.3 is 0 Å². The number of rotatable bonds is 3. The largest absolute Gasteiger partial charge is 0.207 e. The maximum Gasteiger partial charge on any atom is 0.162 e. The Balaban J connectivity index is 2.28. The van der Waals surface area contributed by atoms with Gasteiger partial charge in [0.05, 0.1) is 5.38 Å². The van der Waals surface area contributed by atoms with E-state index in [-0.39, 0.29) is 12.0 Å². The summed E-state index contributed by atoms with van der Waals surface area (Å²) in [6.07, 6.45) is 0.0333. The van der Waals surface area contributed by atoms with Gasteiger partial charge in [0.2, 0.25) is 0 Å². The summed E-state index contributed by atoms with van der Waals surface area (Å²) >= 11 is 6.11. The topological polar surface area (TPSA) is 0 Å². The minimum Gasteiger partial charge on any atom is -0.207 e. The first kappa shape index (κ1) is 13.9. The quantitative estimate of drug-likeness (QED) is 0.701. The number of hydrogen-bond donors (Lipinski definition) is 0. The highest BCUT2D eigenvalue weighted by atomic mass is 35.5. The van der Waals surface area contributed by atoms with Crippen LogP contribution in [-0.2, 0) is 6.42 Å². The summed E-state index contributed by atoms with van der Waals surface area (Å²) in [4.78, 5) is 0. The Morgan fingerprint density at radius 3 is 2.53 bits per heavy atom. The Morgan fingerprint density at radius 1 is 1.05 bits per heavy atom. The van der Waals surface area contributed by atoms with Crippen LogP contribution in [0.2, 0.25) is 0 Å². The molecule has 0 aliphatic heterocycles. The van der Waals surface area contributed by atoms with E-state index in [4.69, 9.17) is 11.6 Å². The summed E-state index contributed by atoms with van der Waals surface area (Å²) in [5.74, 6) is -2.30. The molecule has 1 unspecified atom stereocenters. The average Bonchev–Trinajstić information content (AvgIpc) is 2.38. The first-order chi connectivity index (χ1) is 8.99. The van der Waals surface area contributed by atoms with Crippen LogP contribution in [0.1, 0.15) is 22.1 Å². The van der Waals surface area contributed by atoms with E-state index in [1.807, 2.05) is 6.92 Å². The SMILES string of the molecule is Cc1ccc(F)c(C(Cl)Cc2cccc(F)c2F)c1. The predicted octanol–water partition coefficient (Wildman–Crippen LogP) is 4.93. The highest BCUT2D eigenvalue weighted by molar-refractivity contribution is 6.21. The zero-order valence-corrected chi connectivity index (χ0v) is 11.0. The molecular formula is C15H12ClF3. The molecule has 2 rings (SSSR count). The normalized spacial score (nSPS) is 12.5. The van der Waals surface area contributed by atoms with Crippen molar-refractivity contribution in [2.75, 3.05) is 0 Å². The lowest BCUT2D eigenvalue weighted by Gasteiger charge is -2.12. The Labute approximate surface area is 114 Å². The van der Waals surface area contributed by atoms with Gasteiger partial charge < -0.3 is 0 Å². The molecule has 0 fully saturated rings. The molecule has 0 nitrogen and oxygen atoms in total. The van der Waals surface area contributed by atoms with E-state index in [0.29, 0.717) is 5.56 Å². The molecule has 0 bridgehead atoms. The predicted molar refractivity (Wildman–Crippen MR) is 69.8 cm³/mol. The van der Waals surface area contributed by atoms with E-state index in [9.17, 15) is 13.2 Å². The van der Waals surface area contributed by atoms with Crippen molar-refractivity contribution in [2.45, 2.75) is 18.7 Å². The standard InChI is InChI=1S/C15H12ClF3/c1-9-5-6-13(17)11(7-9)12(16)8-10-3-2-4-14(18)15(10)19/h2-7,12H,8H2,1H3. The van der Waals surface area contributed by atoms with Crippen LogP contribution in [0, 0.1) is 24.4 Å². The minimum atomic E-state index is -0.929. The summed E-state index contributed by atoms with van der Waals surface area (Å²) in [5, 5.41) is -0.740.